The van der Waals surface area contributed by atoms with Crippen LogP contribution in [0.1, 0.15) is 36.0 Å². The van der Waals surface area contributed by atoms with Gasteiger partial charge in [-0.2, -0.15) is 0 Å². The van der Waals surface area contributed by atoms with Gasteiger partial charge in [-0.25, -0.2) is 15.0 Å². The molecule has 2 aromatic rings. The number of aromatic nitrogens is 3. The number of likely N-dealkylation sites (tertiary alicyclic amines) is 1. The molecule has 1 N–H and O–H groups in total. The fourth-order valence-electron chi connectivity index (χ4n) is 2.85. The first-order chi connectivity index (χ1) is 10.1. The lowest BCUT2D eigenvalue weighted by atomic mass is 10.1. The van der Waals surface area contributed by atoms with E-state index in [2.05, 4.69) is 32.2 Å². The van der Waals surface area contributed by atoms with Gasteiger partial charge in [0.1, 0.15) is 17.5 Å². The third kappa shape index (κ3) is 3.03. The Hall–Kier alpha value is -2.01. The van der Waals surface area contributed by atoms with E-state index in [-0.39, 0.29) is 0 Å². The number of anilines is 2. The number of nitrogens with one attached hydrogen (secondary N) is 1. The predicted octanol–water partition coefficient (Wildman–Crippen LogP) is 3.00. The molecule has 1 fully saturated rings. The molecule has 0 bridgehead atoms. The van der Waals surface area contributed by atoms with Crippen LogP contribution in [0.2, 0.25) is 0 Å². The van der Waals surface area contributed by atoms with Crippen molar-refractivity contribution in [3.63, 3.8) is 0 Å². The molecule has 3 rings (SSSR count). The van der Waals surface area contributed by atoms with Gasteiger partial charge in [0.25, 0.3) is 0 Å². The summed E-state index contributed by atoms with van der Waals surface area (Å²) < 4.78 is 0. The van der Waals surface area contributed by atoms with E-state index < -0.39 is 0 Å². The second kappa shape index (κ2) is 5.77. The zero-order valence-electron chi connectivity index (χ0n) is 12.8. The summed E-state index contributed by atoms with van der Waals surface area (Å²) in [5.74, 6) is 2.46. The average molecular weight is 283 g/mol. The van der Waals surface area contributed by atoms with Crippen molar-refractivity contribution in [1.29, 1.82) is 0 Å². The van der Waals surface area contributed by atoms with E-state index >= 15 is 0 Å². The van der Waals surface area contributed by atoms with Crippen LogP contribution in [-0.4, -0.2) is 33.4 Å². The molecular formula is C16H21N5. The van der Waals surface area contributed by atoms with Crippen molar-refractivity contribution < 1.29 is 0 Å². The number of nitrogens with zero attached hydrogens (tertiary/aromatic N) is 4. The lowest BCUT2D eigenvalue weighted by Gasteiger charge is -2.19. The third-order valence-electron chi connectivity index (χ3n) is 3.98. The molecule has 0 amide bonds. The predicted molar refractivity (Wildman–Crippen MR) is 83.6 cm³/mol. The Morgan fingerprint density at radius 2 is 2.14 bits per heavy atom. The summed E-state index contributed by atoms with van der Waals surface area (Å²) in [5, 5.41) is 3.31. The topological polar surface area (TPSA) is 53.9 Å². The molecule has 110 valence electrons. The highest BCUT2D eigenvalue weighted by molar-refractivity contribution is 5.55. The smallest absolute Gasteiger partial charge is 0.135 e. The Morgan fingerprint density at radius 1 is 1.29 bits per heavy atom. The molecule has 0 radical (unpaired) electrons. The molecule has 0 aromatic carbocycles. The van der Waals surface area contributed by atoms with Gasteiger partial charge in [0.15, 0.2) is 0 Å². The number of hydrogen-bond acceptors (Lipinski definition) is 5. The average Bonchev–Trinajstić information content (AvgIpc) is 2.87. The molecule has 0 unspecified atom stereocenters. The van der Waals surface area contributed by atoms with Crippen molar-refractivity contribution >= 4 is 11.6 Å². The van der Waals surface area contributed by atoms with Crippen LogP contribution in [0.15, 0.2) is 24.4 Å². The third-order valence-corrected chi connectivity index (χ3v) is 3.98. The first-order valence-corrected chi connectivity index (χ1v) is 7.38. The molecule has 1 aliphatic rings. The van der Waals surface area contributed by atoms with E-state index in [1.165, 1.54) is 6.42 Å². The van der Waals surface area contributed by atoms with Crippen LogP contribution in [0.3, 0.4) is 0 Å². The minimum atomic E-state index is 0.400. The minimum absolute atomic E-state index is 0.400. The van der Waals surface area contributed by atoms with Gasteiger partial charge in [0, 0.05) is 12.3 Å². The Balaban J connectivity index is 1.89. The quantitative estimate of drug-likeness (QED) is 0.938. The largest absolute Gasteiger partial charge is 0.325 e. The normalized spacial score (nSPS) is 18.9. The van der Waals surface area contributed by atoms with Crippen LogP contribution < -0.4 is 5.32 Å². The fourth-order valence-corrected chi connectivity index (χ4v) is 2.85. The summed E-state index contributed by atoms with van der Waals surface area (Å²) in [4.78, 5) is 15.8. The Labute approximate surface area is 125 Å². The van der Waals surface area contributed by atoms with E-state index in [4.69, 9.17) is 0 Å². The number of aryl methyl sites for hydroxylation is 2. The summed E-state index contributed by atoms with van der Waals surface area (Å²) in [6.07, 6.45) is 4.18. The summed E-state index contributed by atoms with van der Waals surface area (Å²) in [6.45, 7) is 5.11. The molecule has 5 nitrogen and oxygen atoms in total. The molecule has 1 saturated heterocycles. The summed E-state index contributed by atoms with van der Waals surface area (Å²) in [5.41, 5.74) is 2.20. The van der Waals surface area contributed by atoms with E-state index in [0.717, 1.165) is 41.7 Å². The van der Waals surface area contributed by atoms with Crippen molar-refractivity contribution in [2.75, 3.05) is 18.9 Å². The Bertz CT molecular complexity index is 640. The lowest BCUT2D eigenvalue weighted by molar-refractivity contribution is 0.311. The molecule has 1 atom stereocenters. The van der Waals surface area contributed by atoms with Gasteiger partial charge < -0.3 is 5.32 Å². The van der Waals surface area contributed by atoms with Gasteiger partial charge in [0.05, 0.1) is 11.7 Å². The summed E-state index contributed by atoms with van der Waals surface area (Å²) in [6, 6.07) is 6.42. The molecule has 1 aliphatic heterocycles. The van der Waals surface area contributed by atoms with Crippen LogP contribution in [0, 0.1) is 13.8 Å². The van der Waals surface area contributed by atoms with E-state index in [1.807, 2.05) is 32.0 Å². The van der Waals surface area contributed by atoms with Crippen molar-refractivity contribution in [3.05, 3.63) is 41.5 Å². The van der Waals surface area contributed by atoms with Crippen LogP contribution >= 0.6 is 0 Å². The van der Waals surface area contributed by atoms with Crippen molar-refractivity contribution in [2.45, 2.75) is 32.7 Å². The second-order valence-electron chi connectivity index (χ2n) is 5.66. The van der Waals surface area contributed by atoms with Crippen LogP contribution in [0.4, 0.5) is 11.6 Å². The lowest BCUT2D eigenvalue weighted by Crippen LogP contribution is -2.19. The maximum Gasteiger partial charge on any atom is 0.135 e. The van der Waals surface area contributed by atoms with Gasteiger partial charge in [0.2, 0.25) is 0 Å². The fraction of sp³-hybridized carbons (Fsp3) is 0.438. The first kappa shape index (κ1) is 13.9. The van der Waals surface area contributed by atoms with E-state index in [1.54, 1.807) is 6.20 Å². The highest BCUT2D eigenvalue weighted by Crippen LogP contribution is 2.30. The van der Waals surface area contributed by atoms with Gasteiger partial charge in [-0.1, -0.05) is 6.07 Å². The minimum Gasteiger partial charge on any atom is -0.325 e. The molecule has 3 heterocycles. The first-order valence-electron chi connectivity index (χ1n) is 7.38. The number of pyridine rings is 1. The molecule has 2 aromatic heterocycles. The van der Waals surface area contributed by atoms with Gasteiger partial charge >= 0.3 is 0 Å². The van der Waals surface area contributed by atoms with E-state index in [0.29, 0.717) is 6.04 Å². The maximum absolute atomic E-state index is 4.62. The van der Waals surface area contributed by atoms with Crippen molar-refractivity contribution in [2.24, 2.45) is 0 Å². The molecule has 5 heteroatoms. The van der Waals surface area contributed by atoms with Crippen LogP contribution in [0.25, 0.3) is 0 Å². The van der Waals surface area contributed by atoms with Crippen molar-refractivity contribution in [3.8, 4) is 0 Å². The summed E-state index contributed by atoms with van der Waals surface area (Å²) in [7, 11) is 2.16. The Kier molecular flexibility index (Phi) is 3.84. The molecule has 0 spiro atoms. The number of hydrogen-bond donors (Lipinski definition) is 1. The Morgan fingerprint density at radius 3 is 2.86 bits per heavy atom. The molecule has 0 aliphatic carbocycles. The maximum atomic E-state index is 4.62. The second-order valence-corrected chi connectivity index (χ2v) is 5.66. The van der Waals surface area contributed by atoms with Crippen LogP contribution in [0.5, 0.6) is 0 Å². The van der Waals surface area contributed by atoms with Crippen LogP contribution in [-0.2, 0) is 0 Å². The van der Waals surface area contributed by atoms with Gasteiger partial charge in [-0.3, -0.25) is 4.90 Å². The highest BCUT2D eigenvalue weighted by atomic mass is 15.2. The molecular weight excluding hydrogens is 262 g/mol. The summed E-state index contributed by atoms with van der Waals surface area (Å²) >= 11 is 0. The standard InChI is InChI=1S/C16H21N5/c1-11-6-4-8-17-16(11)20-15-10-13(18-12(2)19-15)14-7-5-9-21(14)3/h4,6,8,10,14H,5,7,9H2,1-3H3,(H,17,18,19,20)/t14-/m1/s1. The monoisotopic (exact) mass is 283 g/mol. The van der Waals surface area contributed by atoms with Crippen molar-refractivity contribution in [1.82, 2.24) is 19.9 Å². The number of rotatable bonds is 3. The molecule has 0 saturated carbocycles. The van der Waals surface area contributed by atoms with E-state index in [9.17, 15) is 0 Å². The zero-order chi connectivity index (χ0) is 14.8. The highest BCUT2D eigenvalue weighted by Gasteiger charge is 2.24. The molecule has 21 heavy (non-hydrogen) atoms. The van der Waals surface area contributed by atoms with Gasteiger partial charge in [-0.05, 0) is 51.9 Å². The van der Waals surface area contributed by atoms with Gasteiger partial charge in [-0.15, -0.1) is 0 Å². The SMILES string of the molecule is Cc1nc(Nc2ncccc2C)cc([C@H]2CCCN2C)n1. The zero-order valence-corrected chi connectivity index (χ0v) is 12.8.